The molecule has 38 heavy (non-hydrogen) atoms. The Morgan fingerprint density at radius 1 is 1.03 bits per heavy atom. The summed E-state index contributed by atoms with van der Waals surface area (Å²) in [4.78, 5) is 27.9. The van der Waals surface area contributed by atoms with Crippen LogP contribution in [0.25, 0.3) is 0 Å². The molecule has 2 rings (SSSR count). The molecule has 2 amide bonds. The van der Waals surface area contributed by atoms with Crippen molar-refractivity contribution >= 4 is 50.7 Å². The van der Waals surface area contributed by atoms with Gasteiger partial charge in [-0.25, -0.2) is 17.2 Å². The van der Waals surface area contributed by atoms with Gasteiger partial charge in [-0.2, -0.15) is 0 Å². The molecular weight excluding hydrogens is 559 g/mol. The Labute approximate surface area is 233 Å². The summed E-state index contributed by atoms with van der Waals surface area (Å²) >= 11 is 12.4. The van der Waals surface area contributed by atoms with Crippen LogP contribution in [-0.2, 0) is 26.2 Å². The third-order valence-corrected chi connectivity index (χ3v) is 7.87. The van der Waals surface area contributed by atoms with Crippen molar-refractivity contribution in [3.8, 4) is 0 Å². The van der Waals surface area contributed by atoms with Gasteiger partial charge in [0.15, 0.2) is 11.6 Å². The number of hydrogen-bond acceptors (Lipinski definition) is 4. The van der Waals surface area contributed by atoms with Gasteiger partial charge >= 0.3 is 0 Å². The molecule has 0 aliphatic heterocycles. The standard InChI is InChI=1S/C26H33Cl2F2N3O4S/c1-5-17(3)31-26(35)24(6-2)32(16-18-9-10-19(27)14-21(18)28)25(34)8-7-13-33(38(4,36)37)20-11-12-22(29)23(30)15-20/h9-12,14-15,17,24H,5-8,13,16H2,1-4H3,(H,31,35). The fourth-order valence-corrected chi connectivity index (χ4v) is 5.26. The molecule has 0 aromatic heterocycles. The zero-order valence-corrected chi connectivity index (χ0v) is 24.1. The summed E-state index contributed by atoms with van der Waals surface area (Å²) in [5.74, 6) is -2.98. The number of anilines is 1. The van der Waals surface area contributed by atoms with Crippen LogP contribution >= 0.6 is 23.2 Å². The lowest BCUT2D eigenvalue weighted by Gasteiger charge is -2.32. The van der Waals surface area contributed by atoms with E-state index in [1.54, 1.807) is 25.1 Å². The third kappa shape index (κ3) is 8.81. The Morgan fingerprint density at radius 3 is 2.26 bits per heavy atom. The highest BCUT2D eigenvalue weighted by atomic mass is 35.5. The zero-order valence-electron chi connectivity index (χ0n) is 21.8. The fourth-order valence-electron chi connectivity index (χ4n) is 3.84. The van der Waals surface area contributed by atoms with Crippen molar-refractivity contribution in [3.63, 3.8) is 0 Å². The van der Waals surface area contributed by atoms with E-state index in [4.69, 9.17) is 23.2 Å². The molecule has 0 saturated heterocycles. The molecule has 7 nitrogen and oxygen atoms in total. The summed E-state index contributed by atoms with van der Waals surface area (Å²) in [5.41, 5.74) is 0.543. The number of carbonyl (C=O) groups excluding carboxylic acids is 2. The van der Waals surface area contributed by atoms with Crippen molar-refractivity contribution in [1.82, 2.24) is 10.2 Å². The average Bonchev–Trinajstić information content (AvgIpc) is 2.83. The topological polar surface area (TPSA) is 86.8 Å². The summed E-state index contributed by atoms with van der Waals surface area (Å²) < 4.78 is 52.7. The first-order chi connectivity index (χ1) is 17.8. The number of carbonyl (C=O) groups is 2. The van der Waals surface area contributed by atoms with Gasteiger partial charge in [0.25, 0.3) is 0 Å². The van der Waals surface area contributed by atoms with Gasteiger partial charge in [-0.15, -0.1) is 0 Å². The highest BCUT2D eigenvalue weighted by Crippen LogP contribution is 2.25. The number of nitrogens with one attached hydrogen (secondary N) is 1. The van der Waals surface area contributed by atoms with E-state index in [9.17, 15) is 26.8 Å². The second-order valence-corrected chi connectivity index (χ2v) is 11.8. The highest BCUT2D eigenvalue weighted by Gasteiger charge is 2.30. The van der Waals surface area contributed by atoms with Gasteiger partial charge < -0.3 is 10.2 Å². The van der Waals surface area contributed by atoms with Gasteiger partial charge in [-0.3, -0.25) is 13.9 Å². The maximum Gasteiger partial charge on any atom is 0.243 e. The minimum Gasteiger partial charge on any atom is -0.352 e. The fraction of sp³-hybridized carbons (Fsp3) is 0.462. The number of amides is 2. The molecule has 0 heterocycles. The second kappa shape index (κ2) is 14.1. The van der Waals surface area contributed by atoms with Crippen LogP contribution in [0.3, 0.4) is 0 Å². The summed E-state index contributed by atoms with van der Waals surface area (Å²) in [5, 5.41) is 3.68. The monoisotopic (exact) mass is 591 g/mol. The van der Waals surface area contributed by atoms with Gasteiger partial charge in [0.05, 0.1) is 11.9 Å². The van der Waals surface area contributed by atoms with E-state index in [-0.39, 0.29) is 49.5 Å². The molecule has 12 heteroatoms. The molecule has 0 aliphatic carbocycles. The second-order valence-electron chi connectivity index (χ2n) is 9.04. The molecule has 210 valence electrons. The van der Waals surface area contributed by atoms with Crippen LogP contribution in [0.4, 0.5) is 14.5 Å². The van der Waals surface area contributed by atoms with Gasteiger partial charge in [-0.05, 0) is 56.0 Å². The number of hydrogen-bond donors (Lipinski definition) is 1. The lowest BCUT2D eigenvalue weighted by atomic mass is 10.1. The smallest absolute Gasteiger partial charge is 0.243 e. The predicted octanol–water partition coefficient (Wildman–Crippen LogP) is 5.54. The Morgan fingerprint density at radius 2 is 1.71 bits per heavy atom. The van der Waals surface area contributed by atoms with Crippen LogP contribution in [0.1, 0.15) is 52.0 Å². The zero-order chi connectivity index (χ0) is 28.6. The predicted molar refractivity (Wildman–Crippen MR) is 147 cm³/mol. The quantitative estimate of drug-likeness (QED) is 0.331. The molecule has 2 aromatic rings. The van der Waals surface area contributed by atoms with Crippen molar-refractivity contribution in [2.75, 3.05) is 17.1 Å². The first-order valence-corrected chi connectivity index (χ1v) is 14.8. The Bertz CT molecular complexity index is 1250. The Kier molecular flexibility index (Phi) is 11.8. The van der Waals surface area contributed by atoms with Crippen molar-refractivity contribution in [2.45, 2.75) is 65.1 Å². The van der Waals surface area contributed by atoms with Crippen LogP contribution in [0, 0.1) is 11.6 Å². The Balaban J connectivity index is 2.28. The van der Waals surface area contributed by atoms with Crippen molar-refractivity contribution in [1.29, 1.82) is 0 Å². The van der Waals surface area contributed by atoms with Crippen LogP contribution in [0.5, 0.6) is 0 Å². The molecule has 2 unspecified atom stereocenters. The molecule has 2 aromatic carbocycles. The molecule has 0 fully saturated rings. The van der Waals surface area contributed by atoms with Gasteiger partial charge in [0, 0.05) is 41.7 Å². The van der Waals surface area contributed by atoms with Gasteiger partial charge in [0.1, 0.15) is 6.04 Å². The number of rotatable bonds is 13. The molecule has 0 spiro atoms. The largest absolute Gasteiger partial charge is 0.352 e. The number of sulfonamides is 1. The summed E-state index contributed by atoms with van der Waals surface area (Å²) in [6.07, 6.45) is 1.96. The minimum atomic E-state index is -3.85. The van der Waals surface area contributed by atoms with Crippen LogP contribution < -0.4 is 9.62 Å². The number of nitrogens with zero attached hydrogens (tertiary/aromatic N) is 2. The SMILES string of the molecule is CCC(C)NC(=O)C(CC)N(Cc1ccc(Cl)cc1Cl)C(=O)CCCN(c1ccc(F)c(F)c1)S(C)(=O)=O. The molecule has 0 aliphatic rings. The van der Waals surface area contributed by atoms with Gasteiger partial charge in [0.2, 0.25) is 21.8 Å². The maximum absolute atomic E-state index is 13.8. The van der Waals surface area contributed by atoms with E-state index in [2.05, 4.69) is 5.32 Å². The van der Waals surface area contributed by atoms with Crippen molar-refractivity contribution in [2.24, 2.45) is 0 Å². The first-order valence-electron chi connectivity index (χ1n) is 12.2. The lowest BCUT2D eigenvalue weighted by Crippen LogP contribution is -2.50. The molecule has 0 bridgehead atoms. The molecule has 0 saturated carbocycles. The third-order valence-electron chi connectivity index (χ3n) is 6.09. The summed E-state index contributed by atoms with van der Waals surface area (Å²) in [6, 6.07) is 6.77. The molecular formula is C26H33Cl2F2N3O4S. The molecule has 1 N–H and O–H groups in total. The minimum absolute atomic E-state index is 0.0419. The van der Waals surface area contributed by atoms with Crippen molar-refractivity contribution in [3.05, 3.63) is 63.6 Å². The van der Waals surface area contributed by atoms with E-state index >= 15 is 0 Å². The van der Waals surface area contributed by atoms with Crippen LogP contribution in [0.2, 0.25) is 10.0 Å². The maximum atomic E-state index is 13.8. The van der Waals surface area contributed by atoms with E-state index in [1.165, 1.54) is 4.90 Å². The highest BCUT2D eigenvalue weighted by molar-refractivity contribution is 7.92. The average molecular weight is 593 g/mol. The van der Waals surface area contributed by atoms with E-state index in [0.29, 0.717) is 28.5 Å². The summed E-state index contributed by atoms with van der Waals surface area (Å²) in [6.45, 7) is 5.48. The van der Waals surface area contributed by atoms with Crippen molar-refractivity contribution < 1.29 is 26.8 Å². The van der Waals surface area contributed by atoms with E-state index in [0.717, 1.165) is 28.8 Å². The molecule has 0 radical (unpaired) electrons. The van der Waals surface area contributed by atoms with Crippen LogP contribution in [-0.4, -0.2) is 50.0 Å². The van der Waals surface area contributed by atoms with Gasteiger partial charge in [-0.1, -0.05) is 43.1 Å². The molecule has 2 atom stereocenters. The summed E-state index contributed by atoms with van der Waals surface area (Å²) in [7, 11) is -3.85. The lowest BCUT2D eigenvalue weighted by molar-refractivity contribution is -0.141. The Hall–Kier alpha value is -2.43. The van der Waals surface area contributed by atoms with E-state index in [1.807, 2.05) is 13.8 Å². The number of halogens is 4. The normalized spacial score (nSPS) is 13.1. The van der Waals surface area contributed by atoms with Crippen LogP contribution in [0.15, 0.2) is 36.4 Å². The van der Waals surface area contributed by atoms with E-state index < -0.39 is 27.7 Å². The first kappa shape index (κ1) is 31.8. The number of benzene rings is 2.